The summed E-state index contributed by atoms with van der Waals surface area (Å²) >= 11 is 0. The second kappa shape index (κ2) is 5.13. The standard InChI is InChI=1S/C20H20/c1-16-11-12-18(20(2)13-7-4-8-14-20)15-19(16)17-9-5-3-6-10-17/h3-13,15H,14H2,1-2H3. The van der Waals surface area contributed by atoms with Gasteiger partial charge in [-0.15, -0.1) is 0 Å². The van der Waals surface area contributed by atoms with E-state index in [1.54, 1.807) is 0 Å². The lowest BCUT2D eigenvalue weighted by Gasteiger charge is -2.28. The second-order valence-corrected chi connectivity index (χ2v) is 5.80. The molecule has 0 amide bonds. The Labute approximate surface area is 121 Å². The van der Waals surface area contributed by atoms with Gasteiger partial charge < -0.3 is 0 Å². The van der Waals surface area contributed by atoms with Crippen molar-refractivity contribution in [3.05, 3.63) is 84.0 Å². The Morgan fingerprint density at radius 2 is 1.75 bits per heavy atom. The van der Waals surface area contributed by atoms with E-state index < -0.39 is 0 Å². The van der Waals surface area contributed by atoms with E-state index in [1.165, 1.54) is 22.3 Å². The summed E-state index contributed by atoms with van der Waals surface area (Å²) in [4.78, 5) is 0. The van der Waals surface area contributed by atoms with E-state index in [0.29, 0.717) is 0 Å². The molecule has 0 nitrogen and oxygen atoms in total. The van der Waals surface area contributed by atoms with E-state index >= 15 is 0 Å². The monoisotopic (exact) mass is 260 g/mol. The quantitative estimate of drug-likeness (QED) is 0.675. The first-order chi connectivity index (χ1) is 9.69. The van der Waals surface area contributed by atoms with Crippen LogP contribution in [-0.2, 0) is 5.41 Å². The molecule has 0 bridgehead atoms. The SMILES string of the molecule is Cc1ccc(C2(C)C=CC=CC2)cc1-c1ccccc1. The number of aryl methyl sites for hydroxylation is 1. The fraction of sp³-hybridized carbons (Fsp3) is 0.200. The number of benzene rings is 2. The Kier molecular flexibility index (Phi) is 3.31. The summed E-state index contributed by atoms with van der Waals surface area (Å²) in [5, 5.41) is 0. The molecule has 0 fully saturated rings. The molecule has 0 aromatic heterocycles. The summed E-state index contributed by atoms with van der Waals surface area (Å²) in [6, 6.07) is 17.5. The van der Waals surface area contributed by atoms with Crippen LogP contribution in [0.2, 0.25) is 0 Å². The molecule has 0 aliphatic heterocycles. The minimum Gasteiger partial charge on any atom is -0.0834 e. The maximum atomic E-state index is 2.36. The maximum absolute atomic E-state index is 2.36. The highest BCUT2D eigenvalue weighted by Crippen LogP contribution is 2.35. The van der Waals surface area contributed by atoms with Crippen LogP contribution < -0.4 is 0 Å². The van der Waals surface area contributed by atoms with E-state index in [4.69, 9.17) is 0 Å². The average Bonchev–Trinajstić information content (AvgIpc) is 2.49. The van der Waals surface area contributed by atoms with Gasteiger partial charge in [0.05, 0.1) is 0 Å². The van der Waals surface area contributed by atoms with Crippen molar-refractivity contribution < 1.29 is 0 Å². The first-order valence-electron chi connectivity index (χ1n) is 7.20. The van der Waals surface area contributed by atoms with Crippen LogP contribution in [0.4, 0.5) is 0 Å². The molecule has 2 aromatic rings. The lowest BCUT2D eigenvalue weighted by Crippen LogP contribution is -2.19. The summed E-state index contributed by atoms with van der Waals surface area (Å²) in [7, 11) is 0. The third-order valence-electron chi connectivity index (χ3n) is 4.23. The highest BCUT2D eigenvalue weighted by molar-refractivity contribution is 5.68. The van der Waals surface area contributed by atoms with E-state index in [1.807, 2.05) is 0 Å². The zero-order valence-corrected chi connectivity index (χ0v) is 12.1. The maximum Gasteiger partial charge on any atom is 0.0141 e. The number of allylic oxidation sites excluding steroid dienone is 4. The van der Waals surface area contributed by atoms with Crippen LogP contribution in [-0.4, -0.2) is 0 Å². The van der Waals surface area contributed by atoms with Gasteiger partial charge in [0.15, 0.2) is 0 Å². The van der Waals surface area contributed by atoms with Crippen LogP contribution in [0.5, 0.6) is 0 Å². The summed E-state index contributed by atoms with van der Waals surface area (Å²) in [6.45, 7) is 4.50. The molecule has 100 valence electrons. The van der Waals surface area contributed by atoms with Crippen LogP contribution in [0.25, 0.3) is 11.1 Å². The van der Waals surface area contributed by atoms with Crippen LogP contribution in [0.3, 0.4) is 0 Å². The molecule has 0 heterocycles. The lowest BCUT2D eigenvalue weighted by atomic mass is 9.76. The van der Waals surface area contributed by atoms with Crippen molar-refractivity contribution in [2.45, 2.75) is 25.7 Å². The third-order valence-corrected chi connectivity index (χ3v) is 4.23. The van der Waals surface area contributed by atoms with Crippen molar-refractivity contribution in [2.75, 3.05) is 0 Å². The van der Waals surface area contributed by atoms with E-state index in [9.17, 15) is 0 Å². The Morgan fingerprint density at radius 3 is 2.45 bits per heavy atom. The summed E-state index contributed by atoms with van der Waals surface area (Å²) < 4.78 is 0. The largest absolute Gasteiger partial charge is 0.0834 e. The molecule has 0 heteroatoms. The highest BCUT2D eigenvalue weighted by Gasteiger charge is 2.24. The fourth-order valence-corrected chi connectivity index (χ4v) is 2.85. The Hall–Kier alpha value is -2.08. The molecule has 0 radical (unpaired) electrons. The fourth-order valence-electron chi connectivity index (χ4n) is 2.85. The van der Waals surface area contributed by atoms with Gasteiger partial charge in [-0.2, -0.15) is 0 Å². The van der Waals surface area contributed by atoms with Gasteiger partial charge in [0.1, 0.15) is 0 Å². The van der Waals surface area contributed by atoms with Gasteiger partial charge in [0.25, 0.3) is 0 Å². The molecule has 2 aromatic carbocycles. The van der Waals surface area contributed by atoms with Crippen molar-refractivity contribution in [3.63, 3.8) is 0 Å². The van der Waals surface area contributed by atoms with Gasteiger partial charge in [-0.25, -0.2) is 0 Å². The van der Waals surface area contributed by atoms with Gasteiger partial charge in [-0.3, -0.25) is 0 Å². The predicted molar refractivity (Wildman–Crippen MR) is 86.9 cm³/mol. The van der Waals surface area contributed by atoms with E-state index in [-0.39, 0.29) is 5.41 Å². The first-order valence-corrected chi connectivity index (χ1v) is 7.20. The molecule has 1 unspecified atom stereocenters. The van der Waals surface area contributed by atoms with Crippen molar-refractivity contribution in [1.82, 2.24) is 0 Å². The zero-order valence-electron chi connectivity index (χ0n) is 12.1. The van der Waals surface area contributed by atoms with Crippen LogP contribution in [0.15, 0.2) is 72.8 Å². The van der Waals surface area contributed by atoms with Crippen molar-refractivity contribution in [3.8, 4) is 11.1 Å². The van der Waals surface area contributed by atoms with Crippen LogP contribution in [0, 0.1) is 6.92 Å². The van der Waals surface area contributed by atoms with Gasteiger partial charge >= 0.3 is 0 Å². The molecular formula is C20H20. The van der Waals surface area contributed by atoms with Gasteiger partial charge in [0, 0.05) is 5.41 Å². The Balaban J connectivity index is 2.08. The number of hydrogen-bond donors (Lipinski definition) is 0. The van der Waals surface area contributed by atoms with Gasteiger partial charge in [-0.1, -0.05) is 79.8 Å². The second-order valence-electron chi connectivity index (χ2n) is 5.80. The minimum absolute atomic E-state index is 0.117. The summed E-state index contributed by atoms with van der Waals surface area (Å²) in [5.41, 5.74) is 5.48. The molecule has 1 aliphatic rings. The summed E-state index contributed by atoms with van der Waals surface area (Å²) in [6.07, 6.45) is 9.93. The minimum atomic E-state index is 0.117. The molecule has 0 N–H and O–H groups in total. The summed E-state index contributed by atoms with van der Waals surface area (Å²) in [5.74, 6) is 0. The van der Waals surface area contributed by atoms with Crippen molar-refractivity contribution in [2.24, 2.45) is 0 Å². The number of hydrogen-bond acceptors (Lipinski definition) is 0. The Morgan fingerprint density at radius 1 is 0.950 bits per heavy atom. The molecule has 0 saturated heterocycles. The zero-order chi connectivity index (χ0) is 14.0. The average molecular weight is 260 g/mol. The van der Waals surface area contributed by atoms with Gasteiger partial charge in [-0.05, 0) is 35.6 Å². The van der Waals surface area contributed by atoms with Crippen LogP contribution >= 0.6 is 0 Å². The number of rotatable bonds is 2. The van der Waals surface area contributed by atoms with Crippen molar-refractivity contribution >= 4 is 0 Å². The lowest BCUT2D eigenvalue weighted by molar-refractivity contribution is 0.600. The Bertz CT molecular complexity index is 662. The molecule has 1 aliphatic carbocycles. The van der Waals surface area contributed by atoms with Gasteiger partial charge in [0.2, 0.25) is 0 Å². The topological polar surface area (TPSA) is 0 Å². The predicted octanol–water partition coefficient (Wildman–Crippen LogP) is 5.44. The molecule has 0 spiro atoms. The molecule has 20 heavy (non-hydrogen) atoms. The highest BCUT2D eigenvalue weighted by atomic mass is 14.3. The molecule has 3 rings (SSSR count). The molecular weight excluding hydrogens is 240 g/mol. The molecule has 0 saturated carbocycles. The normalized spacial score (nSPS) is 21.1. The third kappa shape index (κ3) is 2.34. The van der Waals surface area contributed by atoms with E-state index in [2.05, 4.69) is 86.7 Å². The van der Waals surface area contributed by atoms with Crippen LogP contribution in [0.1, 0.15) is 24.5 Å². The first kappa shape index (κ1) is 12.9. The van der Waals surface area contributed by atoms with Crippen molar-refractivity contribution in [1.29, 1.82) is 0 Å². The molecule has 1 atom stereocenters. The smallest absolute Gasteiger partial charge is 0.0141 e. The van der Waals surface area contributed by atoms with E-state index in [0.717, 1.165) is 6.42 Å².